The topological polar surface area (TPSA) is 79.2 Å². The summed E-state index contributed by atoms with van der Waals surface area (Å²) in [4.78, 5) is 23.8. The number of rotatable bonds is 5. The number of nitrogens with zero attached hydrogens (tertiary/aromatic N) is 1. The number of carbonyl (C=O) groups is 2. The molecule has 0 aromatic heterocycles. The van der Waals surface area contributed by atoms with Crippen LogP contribution in [0.5, 0.6) is 0 Å². The quantitative estimate of drug-likeness (QED) is 0.861. The first-order valence-corrected chi connectivity index (χ1v) is 7.19. The highest BCUT2D eigenvalue weighted by Crippen LogP contribution is 2.15. The van der Waals surface area contributed by atoms with E-state index in [1.165, 1.54) is 12.1 Å². The monoisotopic (exact) mass is 308 g/mol. The smallest absolute Gasteiger partial charge is 0.338 e. The largest absolute Gasteiger partial charge is 0.452 e. The molecule has 0 aliphatic heterocycles. The molecule has 0 saturated carbocycles. The molecule has 0 aliphatic rings. The Labute approximate surface area is 134 Å². The van der Waals surface area contributed by atoms with Crippen LogP contribution in [0.15, 0.2) is 48.5 Å². The molecule has 0 heterocycles. The van der Waals surface area contributed by atoms with Crippen molar-refractivity contribution in [1.82, 2.24) is 0 Å². The molecule has 1 amide bonds. The molecule has 0 radical (unpaired) electrons. The Hall–Kier alpha value is -3.13. The van der Waals surface area contributed by atoms with Crippen molar-refractivity contribution in [2.75, 3.05) is 11.9 Å². The van der Waals surface area contributed by atoms with Gasteiger partial charge in [-0.2, -0.15) is 5.26 Å². The summed E-state index contributed by atoms with van der Waals surface area (Å²) in [6.45, 7) is 1.61. The number of nitriles is 1. The van der Waals surface area contributed by atoms with Gasteiger partial charge < -0.3 is 10.1 Å². The lowest BCUT2D eigenvalue weighted by Gasteiger charge is -2.10. The summed E-state index contributed by atoms with van der Waals surface area (Å²) in [5, 5.41) is 11.5. The van der Waals surface area contributed by atoms with E-state index in [0.717, 1.165) is 12.0 Å². The second-order valence-corrected chi connectivity index (χ2v) is 4.83. The molecule has 5 heteroatoms. The van der Waals surface area contributed by atoms with Crippen LogP contribution in [-0.2, 0) is 16.0 Å². The molecule has 0 fully saturated rings. The minimum absolute atomic E-state index is 0.241. The molecule has 0 aliphatic carbocycles. The third kappa shape index (κ3) is 4.42. The summed E-state index contributed by atoms with van der Waals surface area (Å²) in [7, 11) is 0. The summed E-state index contributed by atoms with van der Waals surface area (Å²) >= 11 is 0. The molecule has 0 saturated heterocycles. The zero-order valence-corrected chi connectivity index (χ0v) is 12.7. The van der Waals surface area contributed by atoms with Crippen molar-refractivity contribution < 1.29 is 14.3 Å². The normalized spacial score (nSPS) is 9.74. The van der Waals surface area contributed by atoms with E-state index in [4.69, 9.17) is 10.00 Å². The fourth-order valence-corrected chi connectivity index (χ4v) is 2.07. The number of nitrogens with one attached hydrogen (secondary N) is 1. The van der Waals surface area contributed by atoms with Gasteiger partial charge in [-0.1, -0.05) is 31.2 Å². The van der Waals surface area contributed by atoms with E-state index in [2.05, 4.69) is 5.32 Å². The van der Waals surface area contributed by atoms with Crippen molar-refractivity contribution in [3.8, 4) is 6.07 Å². The number of benzene rings is 2. The first-order valence-electron chi connectivity index (χ1n) is 7.19. The van der Waals surface area contributed by atoms with Crippen LogP contribution < -0.4 is 5.32 Å². The van der Waals surface area contributed by atoms with E-state index in [1.807, 2.05) is 31.2 Å². The van der Waals surface area contributed by atoms with Gasteiger partial charge in [-0.05, 0) is 36.2 Å². The number of carbonyl (C=O) groups excluding carboxylic acids is 2. The Kier molecular flexibility index (Phi) is 5.48. The molecule has 5 nitrogen and oxygen atoms in total. The standard InChI is InChI=1S/C18H16N2O3/c1-2-14-7-3-4-9-16(14)20-17(21)12-23-18(22)15-8-5-6-13(10-15)11-19/h3-10H,2,12H2,1H3,(H,20,21). The van der Waals surface area contributed by atoms with Crippen LogP contribution in [0, 0.1) is 11.3 Å². The predicted molar refractivity (Wildman–Crippen MR) is 85.9 cm³/mol. The van der Waals surface area contributed by atoms with Crippen LogP contribution in [-0.4, -0.2) is 18.5 Å². The lowest BCUT2D eigenvalue weighted by atomic mass is 10.1. The molecule has 23 heavy (non-hydrogen) atoms. The van der Waals surface area contributed by atoms with Gasteiger partial charge in [0.15, 0.2) is 6.61 Å². The number of esters is 1. The average Bonchev–Trinajstić information content (AvgIpc) is 2.60. The lowest BCUT2D eigenvalue weighted by molar-refractivity contribution is -0.119. The van der Waals surface area contributed by atoms with E-state index < -0.39 is 11.9 Å². The van der Waals surface area contributed by atoms with E-state index in [9.17, 15) is 9.59 Å². The average molecular weight is 308 g/mol. The summed E-state index contributed by atoms with van der Waals surface area (Å²) in [6.07, 6.45) is 0.789. The molecular weight excluding hydrogens is 292 g/mol. The zero-order chi connectivity index (χ0) is 16.7. The van der Waals surface area contributed by atoms with Crippen LogP contribution in [0.2, 0.25) is 0 Å². The Balaban J connectivity index is 1.93. The molecule has 0 atom stereocenters. The van der Waals surface area contributed by atoms with Gasteiger partial charge in [-0.15, -0.1) is 0 Å². The van der Waals surface area contributed by atoms with Gasteiger partial charge in [0.1, 0.15) is 0 Å². The second-order valence-electron chi connectivity index (χ2n) is 4.83. The molecule has 1 N–H and O–H groups in total. The minimum Gasteiger partial charge on any atom is -0.452 e. The van der Waals surface area contributed by atoms with Gasteiger partial charge in [-0.3, -0.25) is 4.79 Å². The highest BCUT2D eigenvalue weighted by atomic mass is 16.5. The maximum atomic E-state index is 11.9. The fourth-order valence-electron chi connectivity index (χ4n) is 2.07. The Morgan fingerprint density at radius 2 is 1.96 bits per heavy atom. The number of amides is 1. The molecule has 2 aromatic rings. The van der Waals surface area contributed by atoms with Crippen molar-refractivity contribution in [2.45, 2.75) is 13.3 Å². The highest BCUT2D eigenvalue weighted by Gasteiger charge is 2.11. The molecule has 0 bridgehead atoms. The Bertz CT molecular complexity index is 763. The first-order chi connectivity index (χ1) is 11.1. The van der Waals surface area contributed by atoms with Crippen LogP contribution >= 0.6 is 0 Å². The van der Waals surface area contributed by atoms with E-state index in [0.29, 0.717) is 11.3 Å². The van der Waals surface area contributed by atoms with Crippen molar-refractivity contribution >= 4 is 17.6 Å². The molecule has 2 rings (SSSR count). The summed E-state index contributed by atoms with van der Waals surface area (Å²) < 4.78 is 4.97. The van der Waals surface area contributed by atoms with Gasteiger partial charge in [0.05, 0.1) is 17.2 Å². The third-order valence-corrected chi connectivity index (χ3v) is 3.23. The lowest BCUT2D eigenvalue weighted by Crippen LogP contribution is -2.21. The number of para-hydroxylation sites is 1. The Morgan fingerprint density at radius 3 is 2.70 bits per heavy atom. The molecule has 2 aromatic carbocycles. The third-order valence-electron chi connectivity index (χ3n) is 3.23. The van der Waals surface area contributed by atoms with Crippen LogP contribution in [0.1, 0.15) is 28.4 Å². The van der Waals surface area contributed by atoms with E-state index in [1.54, 1.807) is 18.2 Å². The zero-order valence-electron chi connectivity index (χ0n) is 12.7. The number of aryl methyl sites for hydroxylation is 1. The SMILES string of the molecule is CCc1ccccc1NC(=O)COC(=O)c1cccc(C#N)c1. The number of anilines is 1. The van der Waals surface area contributed by atoms with E-state index >= 15 is 0 Å². The van der Waals surface area contributed by atoms with Crippen LogP contribution in [0.4, 0.5) is 5.69 Å². The van der Waals surface area contributed by atoms with Gasteiger partial charge in [0.25, 0.3) is 5.91 Å². The van der Waals surface area contributed by atoms with Crippen molar-refractivity contribution in [3.05, 3.63) is 65.2 Å². The second kappa shape index (κ2) is 7.76. The maximum Gasteiger partial charge on any atom is 0.338 e. The highest BCUT2D eigenvalue weighted by molar-refractivity contribution is 5.96. The number of ether oxygens (including phenoxy) is 1. The summed E-state index contributed by atoms with van der Waals surface area (Å²) in [6, 6.07) is 15.5. The van der Waals surface area contributed by atoms with Gasteiger partial charge >= 0.3 is 5.97 Å². The maximum absolute atomic E-state index is 11.9. The van der Waals surface area contributed by atoms with Gasteiger partial charge in [0.2, 0.25) is 0 Å². The van der Waals surface area contributed by atoms with E-state index in [-0.39, 0.29) is 12.2 Å². The van der Waals surface area contributed by atoms with Crippen molar-refractivity contribution in [3.63, 3.8) is 0 Å². The molecule has 116 valence electrons. The first kappa shape index (κ1) is 16.2. The number of hydrogen-bond donors (Lipinski definition) is 1. The Morgan fingerprint density at radius 1 is 1.17 bits per heavy atom. The van der Waals surface area contributed by atoms with Crippen molar-refractivity contribution in [2.24, 2.45) is 0 Å². The van der Waals surface area contributed by atoms with Crippen LogP contribution in [0.25, 0.3) is 0 Å². The fraction of sp³-hybridized carbons (Fsp3) is 0.167. The molecule has 0 spiro atoms. The molecule has 0 unspecified atom stereocenters. The predicted octanol–water partition coefficient (Wildman–Crippen LogP) is 2.92. The van der Waals surface area contributed by atoms with Crippen molar-refractivity contribution in [1.29, 1.82) is 5.26 Å². The summed E-state index contributed by atoms with van der Waals surface area (Å²) in [5.74, 6) is -1.04. The van der Waals surface area contributed by atoms with Gasteiger partial charge in [-0.25, -0.2) is 4.79 Å². The molecular formula is C18H16N2O3. The number of hydrogen-bond acceptors (Lipinski definition) is 4. The minimum atomic E-state index is -0.638. The van der Waals surface area contributed by atoms with Gasteiger partial charge in [0, 0.05) is 5.69 Å². The summed E-state index contributed by atoms with van der Waals surface area (Å²) in [5.41, 5.74) is 2.32. The van der Waals surface area contributed by atoms with Crippen LogP contribution in [0.3, 0.4) is 0 Å².